The average Bonchev–Trinajstić information content (AvgIpc) is 2.30. The Morgan fingerprint density at radius 1 is 1.38 bits per heavy atom. The standard InChI is InChI=1S/C12H19N3O/c1-4-12(2,3)11(16)15-6-5-10-7-13-9-14-8-10/h7-9H,4-6H2,1-3H3,(H,15,16). The molecule has 0 fully saturated rings. The first kappa shape index (κ1) is 12.6. The van der Waals surface area contributed by atoms with Gasteiger partial charge in [-0.2, -0.15) is 0 Å². The molecule has 0 saturated carbocycles. The van der Waals surface area contributed by atoms with Crippen LogP contribution in [-0.4, -0.2) is 22.4 Å². The monoisotopic (exact) mass is 221 g/mol. The minimum Gasteiger partial charge on any atom is -0.355 e. The molecule has 1 heterocycles. The Morgan fingerprint density at radius 3 is 2.56 bits per heavy atom. The van der Waals surface area contributed by atoms with E-state index in [1.807, 2.05) is 20.8 Å². The molecular weight excluding hydrogens is 202 g/mol. The third-order valence-electron chi connectivity index (χ3n) is 2.81. The minimum absolute atomic E-state index is 0.104. The summed E-state index contributed by atoms with van der Waals surface area (Å²) < 4.78 is 0. The largest absolute Gasteiger partial charge is 0.355 e. The molecule has 0 aliphatic carbocycles. The maximum atomic E-state index is 11.7. The van der Waals surface area contributed by atoms with Crippen molar-refractivity contribution in [1.82, 2.24) is 15.3 Å². The van der Waals surface area contributed by atoms with Crippen LogP contribution < -0.4 is 5.32 Å². The van der Waals surface area contributed by atoms with Gasteiger partial charge in [0.25, 0.3) is 0 Å². The van der Waals surface area contributed by atoms with Gasteiger partial charge in [-0.1, -0.05) is 20.8 Å². The van der Waals surface area contributed by atoms with Gasteiger partial charge in [0, 0.05) is 24.4 Å². The summed E-state index contributed by atoms with van der Waals surface area (Å²) >= 11 is 0. The number of hydrogen-bond donors (Lipinski definition) is 1. The number of nitrogens with zero attached hydrogens (tertiary/aromatic N) is 2. The van der Waals surface area contributed by atoms with E-state index >= 15 is 0 Å². The van der Waals surface area contributed by atoms with Gasteiger partial charge in [-0.3, -0.25) is 4.79 Å². The molecule has 1 aromatic rings. The zero-order valence-corrected chi connectivity index (χ0v) is 10.2. The molecule has 1 aromatic heterocycles. The van der Waals surface area contributed by atoms with Crippen LogP contribution in [0.25, 0.3) is 0 Å². The van der Waals surface area contributed by atoms with Crippen molar-refractivity contribution in [3.63, 3.8) is 0 Å². The van der Waals surface area contributed by atoms with Gasteiger partial charge in [0.15, 0.2) is 0 Å². The Kier molecular flexibility index (Phi) is 4.40. The molecule has 0 radical (unpaired) electrons. The molecule has 1 N–H and O–H groups in total. The summed E-state index contributed by atoms with van der Waals surface area (Å²) in [6, 6.07) is 0. The summed E-state index contributed by atoms with van der Waals surface area (Å²) in [5.41, 5.74) is 0.754. The second-order valence-corrected chi connectivity index (χ2v) is 4.49. The first-order valence-electron chi connectivity index (χ1n) is 5.58. The quantitative estimate of drug-likeness (QED) is 0.821. The van der Waals surface area contributed by atoms with Crippen molar-refractivity contribution < 1.29 is 4.79 Å². The molecule has 0 aliphatic rings. The van der Waals surface area contributed by atoms with E-state index in [-0.39, 0.29) is 11.3 Å². The first-order valence-corrected chi connectivity index (χ1v) is 5.58. The zero-order valence-electron chi connectivity index (χ0n) is 10.2. The third kappa shape index (κ3) is 3.61. The van der Waals surface area contributed by atoms with E-state index in [0.717, 1.165) is 18.4 Å². The predicted octanol–water partition coefficient (Wildman–Crippen LogP) is 1.57. The second-order valence-electron chi connectivity index (χ2n) is 4.49. The summed E-state index contributed by atoms with van der Waals surface area (Å²) in [6.07, 6.45) is 6.65. The van der Waals surface area contributed by atoms with Gasteiger partial charge in [-0.15, -0.1) is 0 Å². The lowest BCUT2D eigenvalue weighted by molar-refractivity contribution is -0.129. The Morgan fingerprint density at radius 2 is 2.00 bits per heavy atom. The fraction of sp³-hybridized carbons (Fsp3) is 0.583. The van der Waals surface area contributed by atoms with Gasteiger partial charge in [-0.25, -0.2) is 9.97 Å². The van der Waals surface area contributed by atoms with Crippen molar-refractivity contribution in [3.8, 4) is 0 Å². The molecule has 0 aliphatic heterocycles. The maximum absolute atomic E-state index is 11.7. The summed E-state index contributed by atoms with van der Waals surface area (Å²) in [4.78, 5) is 19.6. The Labute approximate surface area is 96.5 Å². The van der Waals surface area contributed by atoms with E-state index in [4.69, 9.17) is 0 Å². The number of amides is 1. The fourth-order valence-corrected chi connectivity index (χ4v) is 1.18. The molecule has 88 valence electrons. The van der Waals surface area contributed by atoms with Crippen LogP contribution in [0.1, 0.15) is 32.8 Å². The van der Waals surface area contributed by atoms with E-state index in [1.54, 1.807) is 12.4 Å². The molecule has 1 rings (SSSR count). The highest BCUT2D eigenvalue weighted by atomic mass is 16.2. The molecular formula is C12H19N3O. The van der Waals surface area contributed by atoms with Crippen molar-refractivity contribution in [3.05, 3.63) is 24.3 Å². The third-order valence-corrected chi connectivity index (χ3v) is 2.81. The molecule has 4 nitrogen and oxygen atoms in total. The molecule has 0 bridgehead atoms. The van der Waals surface area contributed by atoms with Gasteiger partial charge in [0.2, 0.25) is 5.91 Å². The number of nitrogens with one attached hydrogen (secondary N) is 1. The number of carbonyl (C=O) groups excluding carboxylic acids is 1. The van der Waals surface area contributed by atoms with Crippen molar-refractivity contribution in [2.75, 3.05) is 6.54 Å². The molecule has 0 atom stereocenters. The summed E-state index contributed by atoms with van der Waals surface area (Å²) in [5, 5.41) is 2.93. The van der Waals surface area contributed by atoms with E-state index in [0.29, 0.717) is 6.54 Å². The van der Waals surface area contributed by atoms with E-state index < -0.39 is 0 Å². The van der Waals surface area contributed by atoms with Gasteiger partial charge in [-0.05, 0) is 18.4 Å². The molecule has 1 amide bonds. The van der Waals surface area contributed by atoms with Crippen LogP contribution in [0.4, 0.5) is 0 Å². The molecule has 0 spiro atoms. The van der Waals surface area contributed by atoms with Gasteiger partial charge in [0.1, 0.15) is 6.33 Å². The Hall–Kier alpha value is -1.45. The average molecular weight is 221 g/mol. The highest BCUT2D eigenvalue weighted by Crippen LogP contribution is 2.19. The van der Waals surface area contributed by atoms with Gasteiger partial charge < -0.3 is 5.32 Å². The zero-order chi connectivity index (χ0) is 12.0. The van der Waals surface area contributed by atoms with Gasteiger partial charge >= 0.3 is 0 Å². The van der Waals surface area contributed by atoms with Crippen LogP contribution in [-0.2, 0) is 11.2 Å². The summed E-state index contributed by atoms with van der Waals surface area (Å²) in [7, 11) is 0. The van der Waals surface area contributed by atoms with Crippen LogP contribution in [0.3, 0.4) is 0 Å². The SMILES string of the molecule is CCC(C)(C)C(=O)NCCc1cncnc1. The summed E-state index contributed by atoms with van der Waals surface area (Å²) in [5.74, 6) is 0.104. The van der Waals surface area contributed by atoms with Crippen LogP contribution >= 0.6 is 0 Å². The summed E-state index contributed by atoms with van der Waals surface area (Å²) in [6.45, 7) is 6.56. The maximum Gasteiger partial charge on any atom is 0.225 e. The van der Waals surface area contributed by atoms with E-state index in [2.05, 4.69) is 15.3 Å². The topological polar surface area (TPSA) is 54.9 Å². The first-order chi connectivity index (χ1) is 7.56. The molecule has 4 heteroatoms. The lowest BCUT2D eigenvalue weighted by Crippen LogP contribution is -2.37. The minimum atomic E-state index is -0.285. The Bertz CT molecular complexity index is 335. The normalized spacial score (nSPS) is 11.2. The Balaban J connectivity index is 2.34. The van der Waals surface area contributed by atoms with Gasteiger partial charge in [0.05, 0.1) is 0 Å². The molecule has 0 saturated heterocycles. The highest BCUT2D eigenvalue weighted by molar-refractivity contribution is 5.81. The molecule has 16 heavy (non-hydrogen) atoms. The van der Waals surface area contributed by atoms with E-state index in [9.17, 15) is 4.79 Å². The fourth-order valence-electron chi connectivity index (χ4n) is 1.18. The van der Waals surface area contributed by atoms with Crippen molar-refractivity contribution in [2.45, 2.75) is 33.6 Å². The van der Waals surface area contributed by atoms with Crippen LogP contribution in [0.2, 0.25) is 0 Å². The lowest BCUT2D eigenvalue weighted by Gasteiger charge is -2.21. The smallest absolute Gasteiger partial charge is 0.225 e. The highest BCUT2D eigenvalue weighted by Gasteiger charge is 2.24. The lowest BCUT2D eigenvalue weighted by atomic mass is 9.89. The number of carbonyl (C=O) groups is 1. The van der Waals surface area contributed by atoms with Crippen LogP contribution in [0.15, 0.2) is 18.7 Å². The van der Waals surface area contributed by atoms with Crippen molar-refractivity contribution >= 4 is 5.91 Å². The number of hydrogen-bond acceptors (Lipinski definition) is 3. The van der Waals surface area contributed by atoms with E-state index in [1.165, 1.54) is 6.33 Å². The predicted molar refractivity (Wildman–Crippen MR) is 62.8 cm³/mol. The van der Waals surface area contributed by atoms with Crippen molar-refractivity contribution in [2.24, 2.45) is 5.41 Å². The molecule has 0 aromatic carbocycles. The van der Waals surface area contributed by atoms with Crippen LogP contribution in [0.5, 0.6) is 0 Å². The van der Waals surface area contributed by atoms with Crippen molar-refractivity contribution in [1.29, 1.82) is 0 Å². The second kappa shape index (κ2) is 5.58. The number of rotatable bonds is 5. The van der Waals surface area contributed by atoms with Crippen LogP contribution in [0, 0.1) is 5.41 Å². The number of aromatic nitrogens is 2. The molecule has 0 unspecified atom stereocenters.